The van der Waals surface area contributed by atoms with Crippen LogP contribution >= 0.6 is 0 Å². The minimum Gasteiger partial charge on any atom is -0.383 e. The first-order valence-electron chi connectivity index (χ1n) is 5.58. The summed E-state index contributed by atoms with van der Waals surface area (Å²) in [5.41, 5.74) is 5.41. The number of hydrogen-bond acceptors (Lipinski definition) is 4. The maximum absolute atomic E-state index is 12.7. The molecule has 0 amide bonds. The number of alkyl halides is 3. The van der Waals surface area contributed by atoms with E-state index in [1.54, 1.807) is 0 Å². The van der Waals surface area contributed by atoms with Gasteiger partial charge in [0.2, 0.25) is 10.0 Å². The number of hydrogen-bond donors (Lipinski definition) is 2. The maximum Gasteiger partial charge on any atom is 0.393 e. The Morgan fingerprint density at radius 3 is 2.68 bits per heavy atom. The highest BCUT2D eigenvalue weighted by Gasteiger charge is 2.44. The minimum atomic E-state index is -4.39. The molecule has 19 heavy (non-hydrogen) atoms. The molecule has 1 fully saturated rings. The lowest BCUT2D eigenvalue weighted by Crippen LogP contribution is -2.44. The summed E-state index contributed by atoms with van der Waals surface area (Å²) in [7, 11) is -4.03. The van der Waals surface area contributed by atoms with Crippen molar-refractivity contribution in [1.82, 2.24) is 14.5 Å². The second-order valence-corrected chi connectivity index (χ2v) is 6.30. The lowest BCUT2D eigenvalue weighted by atomic mass is 9.99. The summed E-state index contributed by atoms with van der Waals surface area (Å²) in [6.45, 7) is -0.518. The molecule has 0 spiro atoms. The van der Waals surface area contributed by atoms with Gasteiger partial charge in [0.1, 0.15) is 10.7 Å². The van der Waals surface area contributed by atoms with Gasteiger partial charge in [-0.1, -0.05) is 0 Å². The number of nitrogens with zero attached hydrogens (tertiary/aromatic N) is 2. The largest absolute Gasteiger partial charge is 0.393 e. The Balaban J connectivity index is 2.25. The topological polar surface area (TPSA) is 92.1 Å². The van der Waals surface area contributed by atoms with Crippen LogP contribution in [0.15, 0.2) is 11.1 Å². The zero-order valence-corrected chi connectivity index (χ0v) is 10.6. The minimum absolute atomic E-state index is 0.0551. The molecule has 1 aromatic rings. The van der Waals surface area contributed by atoms with Crippen LogP contribution in [0.2, 0.25) is 0 Å². The van der Waals surface area contributed by atoms with Gasteiger partial charge in [-0.2, -0.15) is 22.6 Å². The highest BCUT2D eigenvalue weighted by molar-refractivity contribution is 7.89. The number of H-pyrrole nitrogens is 1. The fourth-order valence-corrected chi connectivity index (χ4v) is 3.59. The fraction of sp³-hybridized carbons (Fsp3) is 0.667. The number of nitrogens with one attached hydrogen (secondary N) is 1. The molecule has 1 aliphatic rings. The van der Waals surface area contributed by atoms with Crippen LogP contribution in [0.3, 0.4) is 0 Å². The summed E-state index contributed by atoms with van der Waals surface area (Å²) >= 11 is 0. The van der Waals surface area contributed by atoms with E-state index in [9.17, 15) is 21.6 Å². The van der Waals surface area contributed by atoms with Crippen LogP contribution in [0.5, 0.6) is 0 Å². The molecule has 1 aromatic heterocycles. The van der Waals surface area contributed by atoms with E-state index in [1.165, 1.54) is 0 Å². The van der Waals surface area contributed by atoms with Gasteiger partial charge < -0.3 is 5.73 Å². The van der Waals surface area contributed by atoms with Crippen molar-refractivity contribution in [2.24, 2.45) is 5.92 Å². The molecule has 1 unspecified atom stereocenters. The third-order valence-corrected chi connectivity index (χ3v) is 4.99. The number of halogens is 3. The molecule has 0 bridgehead atoms. The van der Waals surface area contributed by atoms with Gasteiger partial charge in [0, 0.05) is 13.1 Å². The number of aromatic amines is 1. The van der Waals surface area contributed by atoms with Gasteiger partial charge in [0.25, 0.3) is 0 Å². The predicted octanol–water partition coefficient (Wildman–Crippen LogP) is 0.955. The highest BCUT2D eigenvalue weighted by Crippen LogP contribution is 2.35. The zero-order valence-electron chi connectivity index (χ0n) is 9.81. The molecule has 2 rings (SSSR count). The zero-order chi connectivity index (χ0) is 14.3. The van der Waals surface area contributed by atoms with Crippen LogP contribution in [-0.2, 0) is 10.0 Å². The molecule has 0 saturated carbocycles. The number of aromatic nitrogens is 2. The lowest BCUT2D eigenvalue weighted by molar-refractivity contribution is -0.182. The molecule has 1 aliphatic heterocycles. The number of nitrogens with two attached hydrogens (primary N) is 1. The Labute approximate surface area is 107 Å². The van der Waals surface area contributed by atoms with E-state index in [-0.39, 0.29) is 30.1 Å². The molecule has 1 atom stereocenters. The molecule has 2 heterocycles. The molecular formula is C9H13F3N4O2S. The lowest BCUT2D eigenvalue weighted by Gasteiger charge is -2.32. The van der Waals surface area contributed by atoms with Gasteiger partial charge in [0.15, 0.2) is 0 Å². The highest BCUT2D eigenvalue weighted by atomic mass is 32.2. The number of anilines is 1. The van der Waals surface area contributed by atoms with Crippen molar-refractivity contribution in [2.75, 3.05) is 18.8 Å². The van der Waals surface area contributed by atoms with Crippen molar-refractivity contribution >= 4 is 15.8 Å². The van der Waals surface area contributed by atoms with Gasteiger partial charge in [0.05, 0.1) is 12.1 Å². The van der Waals surface area contributed by atoms with Crippen molar-refractivity contribution in [1.29, 1.82) is 0 Å². The Morgan fingerprint density at radius 1 is 1.47 bits per heavy atom. The van der Waals surface area contributed by atoms with E-state index in [2.05, 4.69) is 10.2 Å². The van der Waals surface area contributed by atoms with Crippen molar-refractivity contribution in [2.45, 2.75) is 23.9 Å². The summed E-state index contributed by atoms with van der Waals surface area (Å²) in [5.74, 6) is -1.81. The Morgan fingerprint density at radius 2 is 2.16 bits per heavy atom. The molecule has 10 heteroatoms. The molecule has 0 aromatic carbocycles. The van der Waals surface area contributed by atoms with Crippen LogP contribution in [0.25, 0.3) is 0 Å². The van der Waals surface area contributed by atoms with Gasteiger partial charge in [-0.15, -0.1) is 0 Å². The number of piperidine rings is 1. The first-order valence-corrected chi connectivity index (χ1v) is 7.02. The average Bonchev–Trinajstić information content (AvgIpc) is 2.75. The van der Waals surface area contributed by atoms with E-state index >= 15 is 0 Å². The SMILES string of the molecule is Nc1[nH]ncc1S(=O)(=O)N1CCCC(C(F)(F)F)C1. The van der Waals surface area contributed by atoms with E-state index in [1.807, 2.05) is 0 Å². The van der Waals surface area contributed by atoms with Gasteiger partial charge in [-0.3, -0.25) is 5.10 Å². The summed E-state index contributed by atoms with van der Waals surface area (Å²) in [6.07, 6.45) is -3.28. The normalized spacial score (nSPS) is 22.6. The number of nitrogen functional groups attached to an aromatic ring is 1. The van der Waals surface area contributed by atoms with Crippen molar-refractivity contribution in [3.8, 4) is 0 Å². The second kappa shape index (κ2) is 4.67. The fourth-order valence-electron chi connectivity index (χ4n) is 2.06. The predicted molar refractivity (Wildman–Crippen MR) is 60.5 cm³/mol. The van der Waals surface area contributed by atoms with Crippen LogP contribution in [-0.4, -0.2) is 42.2 Å². The van der Waals surface area contributed by atoms with E-state index in [0.717, 1.165) is 10.5 Å². The Hall–Kier alpha value is -1.29. The summed E-state index contributed by atoms with van der Waals surface area (Å²) in [5, 5.41) is 5.73. The van der Waals surface area contributed by atoms with Gasteiger partial charge >= 0.3 is 6.18 Å². The van der Waals surface area contributed by atoms with Crippen LogP contribution in [0, 0.1) is 5.92 Å². The first kappa shape index (κ1) is 14.1. The quantitative estimate of drug-likeness (QED) is 0.850. The summed E-state index contributed by atoms with van der Waals surface area (Å²) in [6, 6.07) is 0. The second-order valence-electron chi connectivity index (χ2n) is 4.39. The smallest absolute Gasteiger partial charge is 0.383 e. The van der Waals surface area contributed by atoms with E-state index in [4.69, 9.17) is 5.73 Å². The van der Waals surface area contributed by atoms with Crippen LogP contribution in [0.1, 0.15) is 12.8 Å². The Kier molecular flexibility index (Phi) is 3.47. The third kappa shape index (κ3) is 2.68. The van der Waals surface area contributed by atoms with E-state index < -0.39 is 28.7 Å². The first-order chi connectivity index (χ1) is 8.73. The summed E-state index contributed by atoms with van der Waals surface area (Å²) < 4.78 is 63.1. The van der Waals surface area contributed by atoms with E-state index in [0.29, 0.717) is 0 Å². The summed E-state index contributed by atoms with van der Waals surface area (Å²) in [4.78, 5) is -0.282. The van der Waals surface area contributed by atoms with Gasteiger partial charge in [-0.05, 0) is 12.8 Å². The van der Waals surface area contributed by atoms with Crippen molar-refractivity contribution in [3.63, 3.8) is 0 Å². The van der Waals surface area contributed by atoms with Crippen molar-refractivity contribution < 1.29 is 21.6 Å². The molecule has 0 aliphatic carbocycles. The van der Waals surface area contributed by atoms with Gasteiger partial charge in [-0.25, -0.2) is 8.42 Å². The molecular weight excluding hydrogens is 285 g/mol. The monoisotopic (exact) mass is 298 g/mol. The molecule has 1 saturated heterocycles. The molecule has 0 radical (unpaired) electrons. The number of rotatable bonds is 2. The molecule has 108 valence electrons. The molecule has 6 nitrogen and oxygen atoms in total. The average molecular weight is 298 g/mol. The maximum atomic E-state index is 12.7. The Bertz CT molecular complexity index is 554. The standard InChI is InChI=1S/C9H13F3N4O2S/c10-9(11,12)6-2-1-3-16(5-6)19(17,18)7-4-14-15-8(7)13/h4,6H,1-3,5H2,(H3,13,14,15). The van der Waals surface area contributed by atoms with Crippen molar-refractivity contribution in [3.05, 3.63) is 6.20 Å². The molecule has 3 N–H and O–H groups in total. The van der Waals surface area contributed by atoms with Crippen LogP contribution < -0.4 is 5.73 Å². The number of sulfonamides is 1. The van der Waals surface area contributed by atoms with Crippen LogP contribution in [0.4, 0.5) is 19.0 Å². The third-order valence-electron chi connectivity index (χ3n) is 3.10.